The van der Waals surface area contributed by atoms with E-state index < -0.39 is 0 Å². The summed E-state index contributed by atoms with van der Waals surface area (Å²) in [6.45, 7) is 7.90. The second-order valence-electron chi connectivity index (χ2n) is 7.66. The van der Waals surface area contributed by atoms with E-state index in [1.54, 1.807) is 16.0 Å². The van der Waals surface area contributed by atoms with Crippen LogP contribution in [0, 0.1) is 20.8 Å². The first-order valence-corrected chi connectivity index (χ1v) is 10.9. The molecule has 0 aliphatic heterocycles. The van der Waals surface area contributed by atoms with Crippen molar-refractivity contribution in [2.24, 2.45) is 7.05 Å². The number of pyridine rings is 1. The van der Waals surface area contributed by atoms with Gasteiger partial charge >= 0.3 is 0 Å². The number of aryl methyl sites for hydroxylation is 4. The van der Waals surface area contributed by atoms with E-state index in [0.29, 0.717) is 11.5 Å². The molecule has 1 aromatic carbocycles. The molecule has 0 spiro atoms. The molecule has 7 nitrogen and oxygen atoms in total. The van der Waals surface area contributed by atoms with Crippen LogP contribution in [0.1, 0.15) is 34.5 Å². The van der Waals surface area contributed by atoms with Crippen LogP contribution in [0.3, 0.4) is 0 Å². The van der Waals surface area contributed by atoms with E-state index in [-0.39, 0.29) is 18.6 Å². The molecule has 0 radical (unpaired) electrons. The van der Waals surface area contributed by atoms with Crippen molar-refractivity contribution in [3.63, 3.8) is 0 Å². The Morgan fingerprint density at radius 3 is 2.71 bits per heavy atom. The highest BCUT2D eigenvalue weighted by Gasteiger charge is 2.19. The fourth-order valence-corrected chi connectivity index (χ4v) is 4.42. The van der Waals surface area contributed by atoms with Crippen LogP contribution in [0.5, 0.6) is 5.88 Å². The first-order chi connectivity index (χ1) is 14.8. The molecule has 31 heavy (non-hydrogen) atoms. The number of benzene rings is 1. The molecule has 0 bridgehead atoms. The molecule has 1 unspecified atom stereocenters. The van der Waals surface area contributed by atoms with E-state index in [0.717, 1.165) is 37.7 Å². The molecule has 1 amide bonds. The molecule has 1 atom stereocenters. The molecular formula is C23H25N5O2S. The lowest BCUT2D eigenvalue weighted by Crippen LogP contribution is -2.31. The quantitative estimate of drug-likeness (QED) is 0.489. The van der Waals surface area contributed by atoms with Crippen molar-refractivity contribution >= 4 is 28.3 Å². The molecule has 0 aliphatic carbocycles. The molecule has 3 heterocycles. The number of hydrogen-bond donors (Lipinski definition) is 1. The predicted octanol–water partition coefficient (Wildman–Crippen LogP) is 4.27. The maximum Gasteiger partial charge on any atom is 0.258 e. The Kier molecular flexibility index (Phi) is 5.73. The number of fused-ring (bicyclic) bond motifs is 1. The molecule has 0 aliphatic rings. The SMILES string of the molecule is Cc1cnc(-c2nn(C)c3nc(OCC(=O)NC(C)c4ccccc4C)cc(C)c23)s1. The Labute approximate surface area is 185 Å². The third-order valence-electron chi connectivity index (χ3n) is 5.17. The highest BCUT2D eigenvalue weighted by molar-refractivity contribution is 7.15. The van der Waals surface area contributed by atoms with Gasteiger partial charge in [0.15, 0.2) is 12.3 Å². The fraction of sp³-hybridized carbons (Fsp3) is 0.304. The van der Waals surface area contributed by atoms with Crippen LogP contribution in [-0.2, 0) is 11.8 Å². The normalized spacial score (nSPS) is 12.2. The summed E-state index contributed by atoms with van der Waals surface area (Å²) in [6, 6.07) is 9.75. The van der Waals surface area contributed by atoms with Crippen LogP contribution >= 0.6 is 11.3 Å². The average molecular weight is 436 g/mol. The van der Waals surface area contributed by atoms with Gasteiger partial charge < -0.3 is 10.1 Å². The van der Waals surface area contributed by atoms with Crippen LogP contribution in [0.15, 0.2) is 36.5 Å². The lowest BCUT2D eigenvalue weighted by atomic mass is 10.0. The summed E-state index contributed by atoms with van der Waals surface area (Å²) in [6.07, 6.45) is 1.84. The Bertz CT molecular complexity index is 1260. The monoisotopic (exact) mass is 435 g/mol. The maximum atomic E-state index is 12.4. The number of carbonyl (C=O) groups excluding carboxylic acids is 1. The van der Waals surface area contributed by atoms with E-state index >= 15 is 0 Å². The van der Waals surface area contributed by atoms with E-state index in [1.165, 1.54) is 0 Å². The number of hydrogen-bond acceptors (Lipinski definition) is 6. The lowest BCUT2D eigenvalue weighted by Gasteiger charge is -2.16. The van der Waals surface area contributed by atoms with Crippen LogP contribution in [-0.4, -0.2) is 32.3 Å². The number of amides is 1. The molecule has 160 valence electrons. The Balaban J connectivity index is 1.50. The van der Waals surface area contributed by atoms with Gasteiger partial charge in [-0.1, -0.05) is 24.3 Å². The number of aromatic nitrogens is 4. The predicted molar refractivity (Wildman–Crippen MR) is 122 cm³/mol. The van der Waals surface area contributed by atoms with Crippen LogP contribution in [0.2, 0.25) is 0 Å². The number of ether oxygens (including phenoxy) is 1. The number of nitrogens with one attached hydrogen (secondary N) is 1. The molecule has 4 rings (SSSR count). The van der Waals surface area contributed by atoms with Gasteiger partial charge in [-0.2, -0.15) is 10.1 Å². The third-order valence-corrected chi connectivity index (χ3v) is 6.09. The average Bonchev–Trinajstić information content (AvgIpc) is 3.30. The van der Waals surface area contributed by atoms with Crippen molar-refractivity contribution < 1.29 is 9.53 Å². The van der Waals surface area contributed by atoms with Crippen LogP contribution < -0.4 is 10.1 Å². The first-order valence-electron chi connectivity index (χ1n) is 10.1. The zero-order valence-electron chi connectivity index (χ0n) is 18.3. The molecule has 0 saturated carbocycles. The summed E-state index contributed by atoms with van der Waals surface area (Å²) in [5.41, 5.74) is 4.72. The van der Waals surface area contributed by atoms with Crippen LogP contribution in [0.25, 0.3) is 21.7 Å². The molecule has 1 N–H and O–H groups in total. The minimum absolute atomic E-state index is 0.101. The van der Waals surface area contributed by atoms with Crippen LogP contribution in [0.4, 0.5) is 0 Å². The van der Waals surface area contributed by atoms with Crippen molar-refractivity contribution in [1.29, 1.82) is 0 Å². The lowest BCUT2D eigenvalue weighted by molar-refractivity contribution is -0.123. The van der Waals surface area contributed by atoms with E-state index in [9.17, 15) is 4.79 Å². The van der Waals surface area contributed by atoms with E-state index in [2.05, 4.69) is 20.4 Å². The molecule has 0 saturated heterocycles. The largest absolute Gasteiger partial charge is 0.468 e. The van der Waals surface area contributed by atoms with Crippen molar-refractivity contribution in [2.75, 3.05) is 6.61 Å². The second-order valence-corrected chi connectivity index (χ2v) is 8.89. The minimum Gasteiger partial charge on any atom is -0.468 e. The van der Waals surface area contributed by atoms with Crippen molar-refractivity contribution in [2.45, 2.75) is 33.7 Å². The summed E-state index contributed by atoms with van der Waals surface area (Å²) in [5, 5.41) is 9.41. The highest BCUT2D eigenvalue weighted by Crippen LogP contribution is 2.33. The summed E-state index contributed by atoms with van der Waals surface area (Å²) in [7, 11) is 1.85. The summed E-state index contributed by atoms with van der Waals surface area (Å²) in [5.74, 6) is 0.202. The van der Waals surface area contributed by atoms with Gasteiger partial charge in [0.1, 0.15) is 10.7 Å². The molecule has 0 fully saturated rings. The van der Waals surface area contributed by atoms with Gasteiger partial charge in [0.05, 0.1) is 11.4 Å². The van der Waals surface area contributed by atoms with E-state index in [1.807, 2.05) is 71.3 Å². The van der Waals surface area contributed by atoms with Gasteiger partial charge in [0, 0.05) is 24.2 Å². The summed E-state index contributed by atoms with van der Waals surface area (Å²) >= 11 is 1.60. The fourth-order valence-electron chi connectivity index (χ4n) is 3.66. The molecule has 3 aromatic heterocycles. The zero-order valence-corrected chi connectivity index (χ0v) is 19.1. The number of thiazole rings is 1. The summed E-state index contributed by atoms with van der Waals surface area (Å²) in [4.78, 5) is 22.6. The summed E-state index contributed by atoms with van der Waals surface area (Å²) < 4.78 is 7.44. The van der Waals surface area contributed by atoms with Gasteiger partial charge in [-0.05, 0) is 44.4 Å². The number of nitrogens with zero attached hydrogens (tertiary/aromatic N) is 4. The van der Waals surface area contributed by atoms with Gasteiger partial charge in [0.2, 0.25) is 5.88 Å². The molecule has 8 heteroatoms. The smallest absolute Gasteiger partial charge is 0.258 e. The minimum atomic E-state index is -0.195. The van der Waals surface area contributed by atoms with Gasteiger partial charge in [-0.3, -0.25) is 4.79 Å². The number of rotatable bonds is 6. The van der Waals surface area contributed by atoms with Crippen molar-refractivity contribution in [3.05, 3.63) is 58.1 Å². The van der Waals surface area contributed by atoms with Crippen molar-refractivity contribution in [1.82, 2.24) is 25.1 Å². The topological polar surface area (TPSA) is 81.9 Å². The number of carbonyl (C=O) groups is 1. The van der Waals surface area contributed by atoms with E-state index in [4.69, 9.17) is 4.74 Å². The van der Waals surface area contributed by atoms with Gasteiger partial charge in [-0.15, -0.1) is 11.3 Å². The maximum absolute atomic E-state index is 12.4. The Morgan fingerprint density at radius 1 is 1.23 bits per heavy atom. The molecular weight excluding hydrogens is 410 g/mol. The first kappa shape index (κ1) is 21.0. The third kappa shape index (κ3) is 4.29. The van der Waals surface area contributed by atoms with Gasteiger partial charge in [0.25, 0.3) is 5.91 Å². The second kappa shape index (κ2) is 8.47. The highest BCUT2D eigenvalue weighted by atomic mass is 32.1. The zero-order chi connectivity index (χ0) is 22.1. The Morgan fingerprint density at radius 2 is 2.00 bits per heavy atom. The van der Waals surface area contributed by atoms with Crippen molar-refractivity contribution in [3.8, 4) is 16.6 Å². The molecule has 4 aromatic rings. The van der Waals surface area contributed by atoms with Gasteiger partial charge in [-0.25, -0.2) is 9.67 Å². The Hall–Kier alpha value is -3.26. The standard InChI is InChI=1S/C23H25N5O2S/c1-13-8-6-7-9-17(13)16(4)25-18(29)12-30-19-10-14(2)20-21(23-24-11-15(3)31-23)27-28(5)22(20)26-19/h6-11,16H,12H2,1-5H3,(H,25,29).